The van der Waals surface area contributed by atoms with E-state index in [4.69, 9.17) is 10.1 Å². The van der Waals surface area contributed by atoms with Gasteiger partial charge in [0.05, 0.1) is 0 Å². The van der Waals surface area contributed by atoms with Crippen molar-refractivity contribution in [1.82, 2.24) is 24.8 Å². The van der Waals surface area contributed by atoms with Gasteiger partial charge in [-0.2, -0.15) is 0 Å². The molecule has 0 radical (unpaired) electrons. The Kier molecular flexibility index (Phi) is 8.38. The van der Waals surface area contributed by atoms with E-state index in [1.54, 1.807) is 0 Å². The zero-order valence-electron chi connectivity index (χ0n) is 25.8. The Morgan fingerprint density at radius 1 is 0.837 bits per heavy atom. The molecule has 2 aromatic carbocycles. The molecular weight excluding hydrogens is 532 g/mol. The molecule has 2 aliphatic heterocycles. The molecule has 43 heavy (non-hydrogen) atoms. The van der Waals surface area contributed by atoms with Crippen LogP contribution in [0.5, 0.6) is 0 Å². The summed E-state index contributed by atoms with van der Waals surface area (Å²) in [7, 11) is 6.16. The van der Waals surface area contributed by atoms with Gasteiger partial charge in [-0.3, -0.25) is 0 Å². The van der Waals surface area contributed by atoms with Crippen molar-refractivity contribution in [2.75, 3.05) is 62.0 Å². The number of rotatable bonds is 9. The molecule has 8 nitrogen and oxygen atoms in total. The number of hydrogen-bond donors (Lipinski definition) is 1. The SMILES string of the molecule is C=C(c1ccc(N(C)C(=C)N(C)c2ccc(-c3nc(N4CCCCC4)c4cccn4n3)cc2)cc1)N1CCC(NC)CC1. The summed E-state index contributed by atoms with van der Waals surface area (Å²) < 4.78 is 1.95. The number of aromatic nitrogens is 3. The average Bonchev–Trinajstić information content (AvgIpc) is 3.56. The molecule has 2 aromatic heterocycles. The van der Waals surface area contributed by atoms with Gasteiger partial charge in [0.15, 0.2) is 11.6 Å². The van der Waals surface area contributed by atoms with Crippen molar-refractivity contribution in [3.8, 4) is 11.4 Å². The van der Waals surface area contributed by atoms with Gasteiger partial charge in [-0.1, -0.05) is 25.3 Å². The fourth-order valence-electron chi connectivity index (χ4n) is 6.23. The summed E-state index contributed by atoms with van der Waals surface area (Å²) in [6.07, 6.45) is 8.02. The summed E-state index contributed by atoms with van der Waals surface area (Å²) in [6, 6.07) is 21.8. The molecule has 224 valence electrons. The summed E-state index contributed by atoms with van der Waals surface area (Å²) >= 11 is 0. The first-order valence-electron chi connectivity index (χ1n) is 15.5. The normalized spacial score (nSPS) is 16.0. The van der Waals surface area contributed by atoms with Crippen LogP contribution >= 0.6 is 0 Å². The van der Waals surface area contributed by atoms with Gasteiger partial charge in [0, 0.05) is 75.1 Å². The molecule has 0 unspecified atom stereocenters. The highest BCUT2D eigenvalue weighted by atomic mass is 15.3. The molecule has 4 heterocycles. The minimum absolute atomic E-state index is 0.610. The van der Waals surface area contributed by atoms with E-state index in [2.05, 4.69) is 114 Å². The van der Waals surface area contributed by atoms with E-state index in [1.165, 1.54) is 24.8 Å². The molecule has 1 N–H and O–H groups in total. The summed E-state index contributed by atoms with van der Waals surface area (Å²) in [4.78, 5) is 14.1. The lowest BCUT2D eigenvalue weighted by atomic mass is 10.0. The zero-order chi connectivity index (χ0) is 29.9. The van der Waals surface area contributed by atoms with E-state index in [0.29, 0.717) is 6.04 Å². The molecular formula is C35H44N8. The predicted octanol–water partition coefficient (Wildman–Crippen LogP) is 6.08. The third kappa shape index (κ3) is 5.97. The number of benzene rings is 2. The van der Waals surface area contributed by atoms with E-state index in [0.717, 1.165) is 84.6 Å². The Morgan fingerprint density at radius 2 is 1.47 bits per heavy atom. The van der Waals surface area contributed by atoms with E-state index < -0.39 is 0 Å². The van der Waals surface area contributed by atoms with E-state index in [-0.39, 0.29) is 0 Å². The highest BCUT2D eigenvalue weighted by molar-refractivity contribution is 5.73. The Labute approximate surface area is 255 Å². The molecule has 0 amide bonds. The smallest absolute Gasteiger partial charge is 0.182 e. The van der Waals surface area contributed by atoms with Crippen molar-refractivity contribution in [3.63, 3.8) is 0 Å². The van der Waals surface area contributed by atoms with Crippen molar-refractivity contribution in [3.05, 3.63) is 91.4 Å². The van der Waals surface area contributed by atoms with E-state index >= 15 is 0 Å². The standard InChI is InChI=1S/C35H44N8/c1-26(41-24-19-30(36-3)20-25-41)28-11-15-31(16-12-28)39(4)27(2)40(5)32-17-13-29(14-18-32)34-37-35(42-21-7-6-8-22-42)33-10-9-23-43(33)38-34/h9-18,23,30,36H,1-2,6-8,19-22,24-25H2,3-5H3. The second kappa shape index (κ2) is 12.5. The number of fused-ring (bicyclic) bond motifs is 1. The molecule has 0 saturated carbocycles. The first-order chi connectivity index (χ1) is 20.9. The Bertz CT molecular complexity index is 1560. The van der Waals surface area contributed by atoms with Crippen LogP contribution in [0, 0.1) is 0 Å². The quantitative estimate of drug-likeness (QED) is 0.259. The lowest BCUT2D eigenvalue weighted by molar-refractivity contribution is 0.279. The van der Waals surface area contributed by atoms with Gasteiger partial charge < -0.3 is 24.9 Å². The van der Waals surface area contributed by atoms with Crippen LogP contribution in [-0.4, -0.2) is 72.9 Å². The highest BCUT2D eigenvalue weighted by Gasteiger charge is 2.21. The Balaban J connectivity index is 1.13. The van der Waals surface area contributed by atoms with E-state index in [9.17, 15) is 0 Å². The van der Waals surface area contributed by atoms with Crippen molar-refractivity contribution in [1.29, 1.82) is 0 Å². The Hall–Kier alpha value is -4.30. The number of piperidine rings is 2. The van der Waals surface area contributed by atoms with Gasteiger partial charge in [-0.25, -0.2) is 9.50 Å². The summed E-state index contributed by atoms with van der Waals surface area (Å²) in [6.45, 7) is 13.0. The molecule has 4 aromatic rings. The molecule has 0 atom stereocenters. The Morgan fingerprint density at radius 3 is 2.09 bits per heavy atom. The number of nitrogens with zero attached hydrogens (tertiary/aromatic N) is 7. The molecule has 0 bridgehead atoms. The van der Waals surface area contributed by atoms with Crippen LogP contribution in [0.2, 0.25) is 0 Å². The molecule has 8 heteroatoms. The second-order valence-corrected chi connectivity index (χ2v) is 11.8. The van der Waals surface area contributed by atoms with Crippen LogP contribution < -0.4 is 20.0 Å². The van der Waals surface area contributed by atoms with Crippen molar-refractivity contribution < 1.29 is 0 Å². The van der Waals surface area contributed by atoms with Crippen molar-refractivity contribution in [2.45, 2.75) is 38.1 Å². The van der Waals surface area contributed by atoms with E-state index in [1.807, 2.05) is 16.8 Å². The number of hydrogen-bond acceptors (Lipinski definition) is 7. The third-order valence-electron chi connectivity index (χ3n) is 9.19. The van der Waals surface area contributed by atoms with Crippen LogP contribution in [0.3, 0.4) is 0 Å². The number of nitrogens with one attached hydrogen (secondary N) is 1. The fourth-order valence-corrected chi connectivity index (χ4v) is 6.23. The fraction of sp³-hybridized carbons (Fsp3) is 0.371. The maximum atomic E-state index is 5.04. The summed E-state index contributed by atoms with van der Waals surface area (Å²) in [5.41, 5.74) is 6.45. The maximum absolute atomic E-state index is 5.04. The van der Waals surface area contributed by atoms with Crippen LogP contribution in [0.1, 0.15) is 37.7 Å². The number of anilines is 3. The molecule has 2 saturated heterocycles. The van der Waals surface area contributed by atoms with Crippen LogP contribution in [-0.2, 0) is 0 Å². The second-order valence-electron chi connectivity index (χ2n) is 11.8. The first kappa shape index (κ1) is 28.8. The van der Waals surface area contributed by atoms with Gasteiger partial charge in [0.25, 0.3) is 0 Å². The molecule has 0 spiro atoms. The minimum Gasteiger partial charge on any atom is -0.371 e. The van der Waals surface area contributed by atoms with Crippen molar-refractivity contribution in [2.24, 2.45) is 0 Å². The van der Waals surface area contributed by atoms with Crippen LogP contribution in [0.4, 0.5) is 17.2 Å². The first-order valence-corrected chi connectivity index (χ1v) is 15.5. The van der Waals surface area contributed by atoms with Gasteiger partial charge in [0.1, 0.15) is 11.3 Å². The van der Waals surface area contributed by atoms with Gasteiger partial charge in [-0.05, 0) is 93.2 Å². The van der Waals surface area contributed by atoms with Gasteiger partial charge in [0.2, 0.25) is 0 Å². The highest BCUT2D eigenvalue weighted by Crippen LogP contribution is 2.30. The average molecular weight is 577 g/mol. The molecule has 2 fully saturated rings. The monoisotopic (exact) mass is 576 g/mol. The zero-order valence-corrected chi connectivity index (χ0v) is 25.8. The van der Waals surface area contributed by atoms with Crippen LogP contribution in [0.15, 0.2) is 85.8 Å². The topological polar surface area (TPSA) is 55.2 Å². The lowest BCUT2D eigenvalue weighted by Gasteiger charge is -2.35. The summed E-state index contributed by atoms with van der Waals surface area (Å²) in [5.74, 6) is 2.65. The van der Waals surface area contributed by atoms with Crippen molar-refractivity contribution >= 4 is 28.4 Å². The van der Waals surface area contributed by atoms with Gasteiger partial charge >= 0.3 is 0 Å². The minimum atomic E-state index is 0.610. The predicted molar refractivity (Wildman–Crippen MR) is 180 cm³/mol. The molecule has 0 aliphatic carbocycles. The maximum Gasteiger partial charge on any atom is 0.182 e. The molecule has 2 aliphatic rings. The van der Waals surface area contributed by atoms with Crippen LogP contribution in [0.25, 0.3) is 22.6 Å². The third-order valence-corrected chi connectivity index (χ3v) is 9.19. The summed E-state index contributed by atoms with van der Waals surface area (Å²) in [5, 5.41) is 8.22. The number of likely N-dealkylation sites (tertiary alicyclic amines) is 1. The molecule has 6 rings (SSSR count). The largest absolute Gasteiger partial charge is 0.371 e. The van der Waals surface area contributed by atoms with Gasteiger partial charge in [-0.15, -0.1) is 5.10 Å². The lowest BCUT2D eigenvalue weighted by Crippen LogP contribution is -2.40.